The molecule has 0 fully saturated rings. The molecule has 0 aromatic heterocycles. The summed E-state index contributed by atoms with van der Waals surface area (Å²) in [6.45, 7) is 0. The van der Waals surface area contributed by atoms with Gasteiger partial charge in [-0.05, 0) is 12.1 Å². The fourth-order valence-corrected chi connectivity index (χ4v) is 1.01. The van der Waals surface area contributed by atoms with Crippen LogP contribution in [0, 0.1) is 0 Å². The molecular weight excluding hydrogens is 212 g/mol. The molecule has 0 saturated heterocycles. The van der Waals surface area contributed by atoms with Crippen LogP contribution in [0.4, 0.5) is 0 Å². The Morgan fingerprint density at radius 1 is 1.00 bits per heavy atom. The van der Waals surface area contributed by atoms with E-state index < -0.39 is 23.9 Å². The number of rotatable bonds is 4. The molecule has 0 saturated carbocycles. The molecule has 6 nitrogen and oxygen atoms in total. The number of esters is 1. The van der Waals surface area contributed by atoms with Gasteiger partial charge in [0.1, 0.15) is 0 Å². The number of hydrogen-bond donors (Lipinski definition) is 2. The van der Waals surface area contributed by atoms with E-state index in [9.17, 15) is 14.4 Å². The van der Waals surface area contributed by atoms with Crippen LogP contribution in [0.1, 0.15) is 10.4 Å². The van der Waals surface area contributed by atoms with Gasteiger partial charge < -0.3 is 16.2 Å². The lowest BCUT2D eigenvalue weighted by Crippen LogP contribution is -2.43. The van der Waals surface area contributed by atoms with Crippen molar-refractivity contribution in [3.63, 3.8) is 0 Å². The zero-order valence-electron chi connectivity index (χ0n) is 8.25. The Bertz CT molecular complexity index is 402. The lowest BCUT2D eigenvalue weighted by molar-refractivity contribution is -0.137. The molecule has 16 heavy (non-hydrogen) atoms. The summed E-state index contributed by atoms with van der Waals surface area (Å²) in [5.74, 6) is -3.03. The smallest absolute Gasteiger partial charge is 0.339 e. The van der Waals surface area contributed by atoms with Crippen molar-refractivity contribution in [1.82, 2.24) is 0 Å². The number of ether oxygens (including phenoxy) is 1. The van der Waals surface area contributed by atoms with E-state index in [0.29, 0.717) is 0 Å². The number of amides is 2. The number of carbonyl (C=O) groups is 3. The lowest BCUT2D eigenvalue weighted by Gasteiger charge is -2.10. The summed E-state index contributed by atoms with van der Waals surface area (Å²) >= 11 is 0. The second-order valence-corrected chi connectivity index (χ2v) is 2.96. The van der Waals surface area contributed by atoms with Crippen LogP contribution in [0.2, 0.25) is 0 Å². The Hall–Kier alpha value is -2.37. The van der Waals surface area contributed by atoms with Crippen molar-refractivity contribution >= 4 is 17.8 Å². The van der Waals surface area contributed by atoms with Crippen molar-refractivity contribution in [2.24, 2.45) is 11.5 Å². The van der Waals surface area contributed by atoms with Crippen LogP contribution >= 0.6 is 0 Å². The molecule has 2 amide bonds. The van der Waals surface area contributed by atoms with Gasteiger partial charge in [0.05, 0.1) is 5.56 Å². The van der Waals surface area contributed by atoms with Crippen LogP contribution in [0.3, 0.4) is 0 Å². The Morgan fingerprint density at radius 2 is 1.50 bits per heavy atom. The van der Waals surface area contributed by atoms with E-state index in [4.69, 9.17) is 11.5 Å². The van der Waals surface area contributed by atoms with Crippen molar-refractivity contribution in [3.05, 3.63) is 35.9 Å². The van der Waals surface area contributed by atoms with Crippen molar-refractivity contribution < 1.29 is 19.1 Å². The quantitative estimate of drug-likeness (QED) is 0.512. The molecule has 1 aromatic rings. The number of carbonyl (C=O) groups excluding carboxylic acids is 3. The maximum absolute atomic E-state index is 11.4. The first-order valence-corrected chi connectivity index (χ1v) is 4.37. The van der Waals surface area contributed by atoms with E-state index in [-0.39, 0.29) is 5.56 Å². The molecular formula is C10H10N2O4. The first kappa shape index (κ1) is 11.7. The van der Waals surface area contributed by atoms with Crippen molar-refractivity contribution in [1.29, 1.82) is 0 Å². The monoisotopic (exact) mass is 222 g/mol. The lowest BCUT2D eigenvalue weighted by atomic mass is 10.2. The van der Waals surface area contributed by atoms with Crippen molar-refractivity contribution in [2.45, 2.75) is 6.10 Å². The van der Waals surface area contributed by atoms with Gasteiger partial charge in [-0.1, -0.05) is 18.2 Å². The molecule has 0 spiro atoms. The first-order valence-electron chi connectivity index (χ1n) is 4.37. The third-order valence-corrected chi connectivity index (χ3v) is 1.75. The highest BCUT2D eigenvalue weighted by atomic mass is 16.6. The zero-order valence-corrected chi connectivity index (χ0v) is 8.25. The minimum Gasteiger partial charge on any atom is -0.438 e. The van der Waals surface area contributed by atoms with E-state index in [0.717, 1.165) is 0 Å². The normalized spacial score (nSPS) is 9.81. The average Bonchev–Trinajstić information content (AvgIpc) is 2.25. The van der Waals surface area contributed by atoms with E-state index in [1.54, 1.807) is 18.2 Å². The van der Waals surface area contributed by atoms with E-state index in [1.165, 1.54) is 12.1 Å². The maximum Gasteiger partial charge on any atom is 0.339 e. The molecule has 4 N–H and O–H groups in total. The van der Waals surface area contributed by atoms with Crippen LogP contribution < -0.4 is 11.5 Å². The van der Waals surface area contributed by atoms with Gasteiger partial charge in [-0.2, -0.15) is 0 Å². The average molecular weight is 222 g/mol. The summed E-state index contributed by atoms with van der Waals surface area (Å²) in [6, 6.07) is 7.87. The van der Waals surface area contributed by atoms with Crippen LogP contribution in [0.25, 0.3) is 0 Å². The van der Waals surface area contributed by atoms with Gasteiger partial charge in [-0.15, -0.1) is 0 Å². The molecule has 0 atom stereocenters. The highest BCUT2D eigenvalue weighted by Gasteiger charge is 2.26. The molecule has 84 valence electrons. The highest BCUT2D eigenvalue weighted by Crippen LogP contribution is 2.03. The fraction of sp³-hybridized carbons (Fsp3) is 0.100. The summed E-state index contributed by atoms with van der Waals surface area (Å²) in [5, 5.41) is 0. The Kier molecular flexibility index (Phi) is 3.60. The van der Waals surface area contributed by atoms with E-state index in [1.807, 2.05) is 0 Å². The molecule has 0 aliphatic rings. The van der Waals surface area contributed by atoms with Gasteiger partial charge in [0.2, 0.25) is 0 Å². The van der Waals surface area contributed by atoms with Gasteiger partial charge in [-0.3, -0.25) is 9.59 Å². The largest absolute Gasteiger partial charge is 0.438 e. The Balaban J connectivity index is 2.77. The summed E-state index contributed by atoms with van der Waals surface area (Å²) in [6.07, 6.45) is -1.74. The first-order chi connectivity index (χ1) is 7.52. The summed E-state index contributed by atoms with van der Waals surface area (Å²) in [5.41, 5.74) is 9.90. The topological polar surface area (TPSA) is 112 Å². The van der Waals surface area contributed by atoms with Gasteiger partial charge >= 0.3 is 5.97 Å². The fourth-order valence-electron chi connectivity index (χ4n) is 1.01. The minimum absolute atomic E-state index is 0.204. The predicted molar refractivity (Wildman–Crippen MR) is 54.0 cm³/mol. The minimum atomic E-state index is -1.74. The molecule has 0 aliphatic heterocycles. The molecule has 1 rings (SSSR count). The molecule has 1 aromatic carbocycles. The highest BCUT2D eigenvalue weighted by molar-refractivity contribution is 6.04. The predicted octanol–water partition coefficient (Wildman–Crippen LogP) is -0.817. The molecule has 0 radical (unpaired) electrons. The van der Waals surface area contributed by atoms with E-state index in [2.05, 4.69) is 4.74 Å². The molecule has 0 bridgehead atoms. The van der Waals surface area contributed by atoms with E-state index >= 15 is 0 Å². The van der Waals surface area contributed by atoms with Gasteiger partial charge in [0.15, 0.2) is 0 Å². The number of primary amides is 2. The second-order valence-electron chi connectivity index (χ2n) is 2.96. The molecule has 6 heteroatoms. The number of hydrogen-bond acceptors (Lipinski definition) is 4. The Morgan fingerprint density at radius 3 is 1.94 bits per heavy atom. The van der Waals surface area contributed by atoms with Gasteiger partial charge in [0.25, 0.3) is 17.9 Å². The summed E-state index contributed by atoms with van der Waals surface area (Å²) in [4.78, 5) is 32.9. The SMILES string of the molecule is NC(=O)C(OC(=O)c1ccccc1)C(N)=O. The number of benzene rings is 1. The van der Waals surface area contributed by atoms with Gasteiger partial charge in [0, 0.05) is 0 Å². The van der Waals surface area contributed by atoms with Crippen molar-refractivity contribution in [2.75, 3.05) is 0 Å². The third-order valence-electron chi connectivity index (χ3n) is 1.75. The standard InChI is InChI=1S/C10H10N2O4/c11-8(13)7(9(12)14)16-10(15)6-4-2-1-3-5-6/h1-5,7H,(H2,11,13)(H2,12,14). The van der Waals surface area contributed by atoms with Crippen LogP contribution in [0.5, 0.6) is 0 Å². The second kappa shape index (κ2) is 4.92. The molecule has 0 unspecified atom stereocenters. The Labute approximate surface area is 91.2 Å². The maximum atomic E-state index is 11.4. The van der Waals surface area contributed by atoms with Crippen LogP contribution in [0.15, 0.2) is 30.3 Å². The molecule has 0 aliphatic carbocycles. The third kappa shape index (κ3) is 2.81. The summed E-state index contributed by atoms with van der Waals surface area (Å²) in [7, 11) is 0. The van der Waals surface area contributed by atoms with Crippen LogP contribution in [-0.2, 0) is 14.3 Å². The van der Waals surface area contributed by atoms with Gasteiger partial charge in [-0.25, -0.2) is 4.79 Å². The van der Waals surface area contributed by atoms with Crippen molar-refractivity contribution in [3.8, 4) is 0 Å². The summed E-state index contributed by atoms with van der Waals surface area (Å²) < 4.78 is 4.57. The number of nitrogens with two attached hydrogens (primary N) is 2. The van der Waals surface area contributed by atoms with Crippen LogP contribution in [-0.4, -0.2) is 23.9 Å². The molecule has 0 heterocycles. The zero-order chi connectivity index (χ0) is 12.1.